The summed E-state index contributed by atoms with van der Waals surface area (Å²) in [5.41, 5.74) is 0.694. The van der Waals surface area contributed by atoms with Crippen molar-refractivity contribution >= 4 is 5.78 Å². The summed E-state index contributed by atoms with van der Waals surface area (Å²) in [6.45, 7) is 9.44. The molecule has 18 atom stereocenters. The number of carbonyl (C=O) groups excluding carboxylic acids is 1. The number of hydrogen-bond donors (Lipinski definition) is 6. The third kappa shape index (κ3) is 5.23. The molecule has 11 heteroatoms. The molecule has 2 saturated heterocycles. The van der Waals surface area contributed by atoms with Gasteiger partial charge >= 0.3 is 0 Å². The summed E-state index contributed by atoms with van der Waals surface area (Å²) in [4.78, 5) is 12.6. The van der Waals surface area contributed by atoms with E-state index < -0.39 is 67.5 Å². The minimum Gasteiger partial charge on any atom is -0.393 e. The fourth-order valence-corrected chi connectivity index (χ4v) is 10.3. The molecular formula is C33H52O11. The van der Waals surface area contributed by atoms with E-state index in [-0.39, 0.29) is 28.6 Å². The van der Waals surface area contributed by atoms with Crippen LogP contribution in [0.2, 0.25) is 0 Å². The lowest BCUT2D eigenvalue weighted by Crippen LogP contribution is -2.64. The van der Waals surface area contributed by atoms with Gasteiger partial charge < -0.3 is 49.6 Å². The molecule has 0 unspecified atom stereocenters. The maximum Gasteiger partial charge on any atom is 0.187 e. The Balaban J connectivity index is 1.20. The first-order chi connectivity index (χ1) is 20.7. The molecule has 6 N–H and O–H groups in total. The molecule has 44 heavy (non-hydrogen) atoms. The van der Waals surface area contributed by atoms with Crippen LogP contribution < -0.4 is 0 Å². The minimum atomic E-state index is -1.56. The highest BCUT2D eigenvalue weighted by atomic mass is 16.7. The third-order valence-electron chi connectivity index (χ3n) is 12.8. The first kappa shape index (κ1) is 32.9. The minimum absolute atomic E-state index is 0.0379. The lowest BCUT2D eigenvalue weighted by molar-refractivity contribution is -0.361. The number of aliphatic hydroxyl groups is 6. The van der Waals surface area contributed by atoms with Gasteiger partial charge in [-0.1, -0.05) is 19.9 Å². The average molecular weight is 625 g/mol. The van der Waals surface area contributed by atoms with E-state index in [2.05, 4.69) is 19.9 Å². The Labute approximate surface area is 259 Å². The van der Waals surface area contributed by atoms with E-state index in [1.165, 1.54) is 6.92 Å². The summed E-state index contributed by atoms with van der Waals surface area (Å²) in [6.07, 6.45) is -5.33. The Morgan fingerprint density at radius 1 is 0.795 bits per heavy atom. The predicted molar refractivity (Wildman–Crippen MR) is 156 cm³/mol. The Kier molecular flexibility index (Phi) is 8.92. The van der Waals surface area contributed by atoms with Gasteiger partial charge in [-0.15, -0.1) is 0 Å². The summed E-state index contributed by atoms with van der Waals surface area (Å²) in [7, 11) is 0. The maximum atomic E-state index is 12.6. The van der Waals surface area contributed by atoms with Crippen molar-refractivity contribution in [2.24, 2.45) is 34.5 Å². The molecule has 6 aliphatic rings. The van der Waals surface area contributed by atoms with Crippen LogP contribution in [0.15, 0.2) is 11.6 Å². The lowest BCUT2D eigenvalue weighted by Gasteiger charge is -2.62. The molecule has 5 fully saturated rings. The van der Waals surface area contributed by atoms with Gasteiger partial charge in [0.25, 0.3) is 0 Å². The van der Waals surface area contributed by atoms with Gasteiger partial charge in [0.2, 0.25) is 0 Å². The van der Waals surface area contributed by atoms with E-state index in [9.17, 15) is 35.4 Å². The molecule has 0 spiro atoms. The Bertz CT molecular complexity index is 1120. The zero-order valence-corrected chi connectivity index (χ0v) is 26.5. The molecule has 0 radical (unpaired) electrons. The first-order valence-corrected chi connectivity index (χ1v) is 16.6. The topological polar surface area (TPSA) is 175 Å². The molecule has 2 aliphatic heterocycles. The number of allylic oxidation sites excluding steroid dienone is 2. The van der Waals surface area contributed by atoms with Crippen LogP contribution in [0.3, 0.4) is 0 Å². The summed E-state index contributed by atoms with van der Waals surface area (Å²) in [5, 5.41) is 63.9. The van der Waals surface area contributed by atoms with Crippen LogP contribution in [-0.4, -0.2) is 110 Å². The highest BCUT2D eigenvalue weighted by Crippen LogP contribution is 2.66. The summed E-state index contributed by atoms with van der Waals surface area (Å²) in [5.74, 6) is 1.24. The van der Waals surface area contributed by atoms with Gasteiger partial charge in [-0.3, -0.25) is 4.79 Å². The van der Waals surface area contributed by atoms with E-state index in [1.54, 1.807) is 13.8 Å². The number of ketones is 1. The SMILES string of the molecule is CC(=O)C1=CC[C@H]2[C@@H]3C[C@H](O[C@@H]4O[C@H](C)[C@@H](O[C@@H]5O[C@@H](C)[C@H](O)[C@@H](O)[C@H]5O)[C@H](O)[C@H]4O)[C@H]4C[C@@H](O)CC[C@]4(C)[C@H]3CC[C@]12C. The predicted octanol–water partition coefficient (Wildman–Crippen LogP) is 1.19. The van der Waals surface area contributed by atoms with Crippen LogP contribution >= 0.6 is 0 Å². The largest absolute Gasteiger partial charge is 0.393 e. The second-order valence-electron chi connectivity index (χ2n) is 15.2. The van der Waals surface area contributed by atoms with Crippen molar-refractivity contribution in [3.05, 3.63) is 11.6 Å². The molecule has 0 aromatic heterocycles. The first-order valence-electron chi connectivity index (χ1n) is 16.6. The normalized spacial score (nSPS) is 55.8. The third-order valence-corrected chi connectivity index (χ3v) is 12.8. The standard InChI is InChI=1S/C33H52O11/c1-14(34)19-6-7-20-18-13-23(22-12-17(35)8-10-33(22,5)21(18)9-11-32(19,20)4)43-30-28(40)26(38)29(16(3)42-30)44-31-27(39)25(37)24(36)15(2)41-31/h6,15-18,20-31,35-40H,7-13H2,1-5H3/t15-,16+,17-,18-,20-,21-,22+,23-,24-,25+,26+,27+,28+,29+,30-,31-,32+,33+/m0/s1. The maximum absolute atomic E-state index is 12.6. The number of Topliss-reactive ketones (excluding diaryl/α,β-unsaturated/α-hetero) is 1. The van der Waals surface area contributed by atoms with Crippen LogP contribution in [0.4, 0.5) is 0 Å². The molecule has 3 saturated carbocycles. The molecule has 2 heterocycles. The lowest BCUT2D eigenvalue weighted by atomic mass is 9.44. The van der Waals surface area contributed by atoms with Gasteiger partial charge in [-0.05, 0) is 106 Å². The van der Waals surface area contributed by atoms with Gasteiger partial charge in [0.15, 0.2) is 18.4 Å². The average Bonchev–Trinajstić information content (AvgIpc) is 3.34. The van der Waals surface area contributed by atoms with Crippen molar-refractivity contribution in [1.29, 1.82) is 0 Å². The van der Waals surface area contributed by atoms with Gasteiger partial charge in [0.05, 0.1) is 24.4 Å². The molecular weight excluding hydrogens is 572 g/mol. The molecule has 0 aromatic rings. The van der Waals surface area contributed by atoms with Crippen LogP contribution in [-0.2, 0) is 23.7 Å². The number of rotatable bonds is 5. The van der Waals surface area contributed by atoms with E-state index in [4.69, 9.17) is 18.9 Å². The van der Waals surface area contributed by atoms with E-state index in [0.717, 1.165) is 37.7 Å². The van der Waals surface area contributed by atoms with Crippen LogP contribution in [0.25, 0.3) is 0 Å². The second-order valence-corrected chi connectivity index (χ2v) is 15.2. The number of hydrogen-bond acceptors (Lipinski definition) is 11. The smallest absolute Gasteiger partial charge is 0.187 e. The zero-order chi connectivity index (χ0) is 31.9. The monoisotopic (exact) mass is 624 g/mol. The van der Waals surface area contributed by atoms with Crippen molar-refractivity contribution in [3.63, 3.8) is 0 Å². The molecule has 250 valence electrons. The van der Waals surface area contributed by atoms with E-state index in [1.807, 2.05) is 0 Å². The Morgan fingerprint density at radius 2 is 1.45 bits per heavy atom. The van der Waals surface area contributed by atoms with Crippen molar-refractivity contribution in [3.8, 4) is 0 Å². The van der Waals surface area contributed by atoms with E-state index >= 15 is 0 Å². The number of fused-ring (bicyclic) bond motifs is 5. The molecule has 0 amide bonds. The van der Waals surface area contributed by atoms with Gasteiger partial charge in [-0.25, -0.2) is 0 Å². The second kappa shape index (κ2) is 11.9. The summed E-state index contributed by atoms with van der Waals surface area (Å²) >= 11 is 0. The molecule has 11 nitrogen and oxygen atoms in total. The van der Waals surface area contributed by atoms with Gasteiger partial charge in [0.1, 0.15) is 36.6 Å². The van der Waals surface area contributed by atoms with Gasteiger partial charge in [-0.2, -0.15) is 0 Å². The quantitative estimate of drug-likeness (QED) is 0.242. The number of aliphatic hydroxyl groups excluding tert-OH is 6. The Hall–Kier alpha value is -0.990. The summed E-state index contributed by atoms with van der Waals surface area (Å²) in [6, 6.07) is 0. The van der Waals surface area contributed by atoms with Crippen molar-refractivity contribution < 1.29 is 54.4 Å². The van der Waals surface area contributed by atoms with Crippen LogP contribution in [0.5, 0.6) is 0 Å². The number of ether oxygens (including phenoxy) is 4. The Morgan fingerprint density at radius 3 is 2.16 bits per heavy atom. The van der Waals surface area contributed by atoms with E-state index in [0.29, 0.717) is 30.6 Å². The highest BCUT2D eigenvalue weighted by molar-refractivity contribution is 5.95. The summed E-state index contributed by atoms with van der Waals surface area (Å²) < 4.78 is 24.2. The molecule has 0 bridgehead atoms. The van der Waals surface area contributed by atoms with Crippen molar-refractivity contribution in [1.82, 2.24) is 0 Å². The fourth-order valence-electron chi connectivity index (χ4n) is 10.3. The van der Waals surface area contributed by atoms with Crippen LogP contribution in [0.1, 0.15) is 79.6 Å². The van der Waals surface area contributed by atoms with Crippen LogP contribution in [0, 0.1) is 34.5 Å². The molecule has 4 aliphatic carbocycles. The van der Waals surface area contributed by atoms with Crippen molar-refractivity contribution in [2.75, 3.05) is 0 Å². The van der Waals surface area contributed by atoms with Gasteiger partial charge in [0, 0.05) is 0 Å². The fraction of sp³-hybridized carbons (Fsp3) is 0.909. The number of carbonyl (C=O) groups is 1. The molecule has 0 aromatic carbocycles. The highest BCUT2D eigenvalue weighted by Gasteiger charge is 2.62. The zero-order valence-electron chi connectivity index (χ0n) is 26.5. The van der Waals surface area contributed by atoms with Crippen molar-refractivity contribution in [2.45, 2.75) is 153 Å². The molecule has 6 rings (SSSR count).